The fourth-order valence-corrected chi connectivity index (χ4v) is 4.94. The fourth-order valence-electron chi connectivity index (χ4n) is 2.53. The molecule has 2 rings (SSSR count). The second-order valence-corrected chi connectivity index (χ2v) is 6.97. The van der Waals surface area contributed by atoms with Crippen molar-refractivity contribution < 1.29 is 14.1 Å². The van der Waals surface area contributed by atoms with Crippen LogP contribution in [-0.2, 0) is 14.5 Å². The Morgan fingerprint density at radius 3 is 2.86 bits per heavy atom. The normalized spacial score (nSPS) is 46.2. The first-order chi connectivity index (χ1) is 6.51. The van der Waals surface area contributed by atoms with Crippen molar-refractivity contribution in [1.29, 1.82) is 0 Å². The Bertz CT molecular complexity index is 384. The van der Waals surface area contributed by atoms with Crippen molar-refractivity contribution in [2.45, 2.75) is 19.3 Å². The highest BCUT2D eigenvalue weighted by Crippen LogP contribution is 2.58. The van der Waals surface area contributed by atoms with E-state index in [0.29, 0.717) is 17.9 Å². The molecule has 0 aromatic heterocycles. The Morgan fingerprint density at radius 2 is 2.36 bits per heavy atom. The molecule has 1 saturated heterocycles. The highest BCUT2D eigenvalue weighted by atomic mass is 32.2. The van der Waals surface area contributed by atoms with Gasteiger partial charge in [0, 0.05) is 28.3 Å². The molecule has 0 bridgehead atoms. The highest BCUT2D eigenvalue weighted by molar-refractivity contribution is 7.93. The SMILES string of the molecule is CN=S1(=O)CCCC2(CC2C(=O)O)C1. The van der Waals surface area contributed by atoms with Gasteiger partial charge in [-0.25, -0.2) is 8.57 Å². The molecule has 14 heavy (non-hydrogen) atoms. The summed E-state index contributed by atoms with van der Waals surface area (Å²) in [6.07, 6.45) is 2.48. The zero-order valence-electron chi connectivity index (χ0n) is 8.23. The van der Waals surface area contributed by atoms with Crippen LogP contribution in [0.15, 0.2) is 4.36 Å². The quantitative estimate of drug-likeness (QED) is 0.711. The first-order valence-electron chi connectivity index (χ1n) is 4.85. The lowest BCUT2D eigenvalue weighted by Crippen LogP contribution is -2.28. The van der Waals surface area contributed by atoms with E-state index in [2.05, 4.69) is 4.36 Å². The van der Waals surface area contributed by atoms with Crippen LogP contribution in [0, 0.1) is 11.3 Å². The van der Waals surface area contributed by atoms with E-state index in [4.69, 9.17) is 5.11 Å². The van der Waals surface area contributed by atoms with Crippen molar-refractivity contribution in [3.63, 3.8) is 0 Å². The zero-order valence-corrected chi connectivity index (χ0v) is 9.05. The summed E-state index contributed by atoms with van der Waals surface area (Å²) >= 11 is 0. The molecule has 80 valence electrons. The summed E-state index contributed by atoms with van der Waals surface area (Å²) in [5.41, 5.74) is -0.166. The van der Waals surface area contributed by atoms with Gasteiger partial charge in [0.15, 0.2) is 0 Å². The average Bonchev–Trinajstić information content (AvgIpc) is 2.79. The summed E-state index contributed by atoms with van der Waals surface area (Å²) in [6.45, 7) is 0. The van der Waals surface area contributed by atoms with E-state index in [1.54, 1.807) is 7.05 Å². The van der Waals surface area contributed by atoms with Gasteiger partial charge in [-0.3, -0.25) is 4.79 Å². The maximum Gasteiger partial charge on any atom is 0.307 e. The van der Waals surface area contributed by atoms with Crippen molar-refractivity contribution in [3.8, 4) is 0 Å². The summed E-state index contributed by atoms with van der Waals surface area (Å²) in [6, 6.07) is 0. The minimum atomic E-state index is -2.08. The Morgan fingerprint density at radius 1 is 1.64 bits per heavy atom. The van der Waals surface area contributed by atoms with Crippen molar-refractivity contribution in [1.82, 2.24) is 0 Å². The first-order valence-corrected chi connectivity index (χ1v) is 6.70. The Hall–Kier alpha value is -0.580. The lowest BCUT2D eigenvalue weighted by molar-refractivity contribution is -0.139. The van der Waals surface area contributed by atoms with E-state index in [1.807, 2.05) is 0 Å². The summed E-state index contributed by atoms with van der Waals surface area (Å²) in [5.74, 6) is 0.167. The molecule has 0 aromatic carbocycles. The third-order valence-corrected chi connectivity index (χ3v) is 6.09. The van der Waals surface area contributed by atoms with Crippen LogP contribution in [-0.4, -0.2) is 33.8 Å². The number of nitrogens with zero attached hydrogens (tertiary/aromatic N) is 1. The molecule has 1 spiro atoms. The minimum Gasteiger partial charge on any atom is -0.481 e. The van der Waals surface area contributed by atoms with Crippen LogP contribution in [0.5, 0.6) is 0 Å². The van der Waals surface area contributed by atoms with Gasteiger partial charge in [0.2, 0.25) is 0 Å². The summed E-state index contributed by atoms with van der Waals surface area (Å²) in [7, 11) is -0.495. The van der Waals surface area contributed by atoms with E-state index in [0.717, 1.165) is 12.8 Å². The van der Waals surface area contributed by atoms with Crippen LogP contribution in [0.4, 0.5) is 0 Å². The van der Waals surface area contributed by atoms with Crippen LogP contribution < -0.4 is 0 Å². The third-order valence-electron chi connectivity index (χ3n) is 3.47. The van der Waals surface area contributed by atoms with Gasteiger partial charge in [0.1, 0.15) is 0 Å². The van der Waals surface area contributed by atoms with Crippen LogP contribution in [0.3, 0.4) is 0 Å². The van der Waals surface area contributed by atoms with Gasteiger partial charge in [-0.1, -0.05) is 0 Å². The van der Waals surface area contributed by atoms with Gasteiger partial charge < -0.3 is 5.11 Å². The molecule has 3 unspecified atom stereocenters. The van der Waals surface area contributed by atoms with Gasteiger partial charge >= 0.3 is 5.97 Å². The molecule has 1 aliphatic heterocycles. The maximum absolute atomic E-state index is 12.0. The first kappa shape index (κ1) is 9.96. The molecule has 4 nitrogen and oxygen atoms in total. The average molecular weight is 217 g/mol. The topological polar surface area (TPSA) is 66.7 Å². The molecule has 1 heterocycles. The van der Waals surface area contributed by atoms with Crippen molar-refractivity contribution in [2.75, 3.05) is 18.6 Å². The van der Waals surface area contributed by atoms with Gasteiger partial charge in [-0.15, -0.1) is 0 Å². The number of carbonyl (C=O) groups is 1. The molecule has 0 radical (unpaired) electrons. The number of aliphatic carboxylic acids is 1. The highest BCUT2D eigenvalue weighted by Gasteiger charge is 2.60. The standard InChI is InChI=1S/C9H15NO3S/c1-10-14(13)4-2-3-9(6-14)5-7(9)8(11)12/h7H,2-6H2,1H3,(H,11,12). The molecular formula is C9H15NO3S. The predicted molar refractivity (Wildman–Crippen MR) is 53.6 cm³/mol. The number of hydrogen-bond acceptors (Lipinski definition) is 3. The van der Waals surface area contributed by atoms with Gasteiger partial charge in [0.25, 0.3) is 0 Å². The Balaban J connectivity index is 2.19. The molecule has 2 aliphatic rings. The second-order valence-electron chi connectivity index (χ2n) is 4.36. The van der Waals surface area contributed by atoms with E-state index < -0.39 is 15.7 Å². The van der Waals surface area contributed by atoms with Crippen LogP contribution >= 0.6 is 0 Å². The monoisotopic (exact) mass is 217 g/mol. The van der Waals surface area contributed by atoms with E-state index in [1.165, 1.54) is 0 Å². The molecule has 3 atom stereocenters. The second kappa shape index (κ2) is 2.95. The molecule has 2 fully saturated rings. The van der Waals surface area contributed by atoms with E-state index >= 15 is 0 Å². The fraction of sp³-hybridized carbons (Fsp3) is 0.889. The van der Waals surface area contributed by atoms with Gasteiger partial charge in [0.05, 0.1) is 5.92 Å². The molecule has 0 amide bonds. The lowest BCUT2D eigenvalue weighted by atomic mass is 9.99. The maximum atomic E-state index is 12.0. The number of carboxylic acids is 1. The largest absolute Gasteiger partial charge is 0.481 e. The third kappa shape index (κ3) is 1.43. The van der Waals surface area contributed by atoms with Crippen molar-refractivity contribution in [2.24, 2.45) is 15.7 Å². The zero-order chi connectivity index (χ0) is 10.4. The predicted octanol–water partition coefficient (Wildman–Crippen LogP) is 0.969. The Labute approximate surface area is 83.9 Å². The summed E-state index contributed by atoms with van der Waals surface area (Å²) in [4.78, 5) is 10.8. The minimum absolute atomic E-state index is 0.166. The van der Waals surface area contributed by atoms with Gasteiger partial charge in [-0.2, -0.15) is 0 Å². The Kier molecular flexibility index (Phi) is 2.10. The number of hydrogen-bond donors (Lipinski definition) is 1. The molecule has 1 N–H and O–H groups in total. The molecule has 5 heteroatoms. The summed E-state index contributed by atoms with van der Waals surface area (Å²) in [5, 5.41) is 8.89. The number of carboxylic acid groups (broad SMARTS) is 1. The molecule has 1 saturated carbocycles. The van der Waals surface area contributed by atoms with Crippen molar-refractivity contribution in [3.05, 3.63) is 0 Å². The van der Waals surface area contributed by atoms with Crippen LogP contribution in [0.25, 0.3) is 0 Å². The summed E-state index contributed by atoms with van der Waals surface area (Å²) < 4.78 is 16.0. The lowest BCUT2D eigenvalue weighted by Gasteiger charge is -2.24. The number of rotatable bonds is 1. The van der Waals surface area contributed by atoms with Crippen molar-refractivity contribution >= 4 is 15.7 Å². The molecular weight excluding hydrogens is 202 g/mol. The van der Waals surface area contributed by atoms with Crippen LogP contribution in [0.1, 0.15) is 19.3 Å². The molecule has 1 aliphatic carbocycles. The van der Waals surface area contributed by atoms with E-state index in [9.17, 15) is 9.00 Å². The van der Waals surface area contributed by atoms with Gasteiger partial charge in [-0.05, 0) is 24.7 Å². The molecule has 0 aromatic rings. The van der Waals surface area contributed by atoms with E-state index in [-0.39, 0.29) is 11.3 Å². The smallest absolute Gasteiger partial charge is 0.307 e. The van der Waals surface area contributed by atoms with Crippen LogP contribution in [0.2, 0.25) is 0 Å².